The van der Waals surface area contributed by atoms with Gasteiger partial charge in [-0.3, -0.25) is 9.59 Å². The van der Waals surface area contributed by atoms with Gasteiger partial charge in [-0.1, -0.05) is 46.5 Å². The maximum Gasteiger partial charge on any atom is 0.409 e. The highest BCUT2D eigenvalue weighted by molar-refractivity contribution is 5.85. The molecule has 2 amide bonds. The molecule has 7 nitrogen and oxygen atoms in total. The Balaban J connectivity index is 3.99. The molecule has 25 heavy (non-hydrogen) atoms. The molecular weight excluding hydrogens is 324 g/mol. The molecule has 0 fully saturated rings. The number of likely N-dealkylation sites (N-methyl/N-ethyl adjacent to an activating group) is 2. The first-order valence-corrected chi connectivity index (χ1v) is 9.05. The second-order valence-corrected chi connectivity index (χ2v) is 6.71. The van der Waals surface area contributed by atoms with Crippen molar-refractivity contribution >= 4 is 18.0 Å². The van der Waals surface area contributed by atoms with Crippen LogP contribution in [0.15, 0.2) is 0 Å². The number of carbonyl (C=O) groups excluding carboxylic acids is 3. The molecular formula is C18H34N2O5. The molecule has 0 heterocycles. The lowest BCUT2D eigenvalue weighted by molar-refractivity contribution is -0.148. The van der Waals surface area contributed by atoms with Crippen molar-refractivity contribution < 1.29 is 23.9 Å². The fourth-order valence-corrected chi connectivity index (χ4v) is 1.96. The van der Waals surface area contributed by atoms with Crippen LogP contribution < -0.4 is 0 Å². The Kier molecular flexibility index (Phi) is 12.5. The van der Waals surface area contributed by atoms with E-state index in [0.29, 0.717) is 13.2 Å². The van der Waals surface area contributed by atoms with Crippen LogP contribution in [-0.2, 0) is 19.1 Å². The normalized spacial score (nSPS) is 10.5. The quantitative estimate of drug-likeness (QED) is 0.396. The van der Waals surface area contributed by atoms with Crippen molar-refractivity contribution in [1.29, 1.82) is 0 Å². The maximum atomic E-state index is 12.0. The average molecular weight is 358 g/mol. The van der Waals surface area contributed by atoms with Gasteiger partial charge in [-0.05, 0) is 12.3 Å². The second-order valence-electron chi connectivity index (χ2n) is 6.71. The standard InChI is InChI=1S/C18H34N2O5/c1-6-7-8-9-10-11-24-17(22)13-19(4)16(21)12-20(5)18(23)25-14-15(2)3/h15H,6-14H2,1-5H3. The first-order chi connectivity index (χ1) is 11.8. The SMILES string of the molecule is CCCCCCCOC(=O)CN(C)C(=O)CN(C)C(=O)OCC(C)C. The molecule has 0 saturated carbocycles. The highest BCUT2D eigenvalue weighted by Crippen LogP contribution is 2.03. The summed E-state index contributed by atoms with van der Waals surface area (Å²) in [5.74, 6) is -0.548. The molecule has 0 bridgehead atoms. The van der Waals surface area contributed by atoms with E-state index in [-0.39, 0.29) is 24.9 Å². The van der Waals surface area contributed by atoms with Gasteiger partial charge in [0.25, 0.3) is 0 Å². The maximum absolute atomic E-state index is 12.0. The Bertz CT molecular complexity index is 412. The lowest BCUT2D eigenvalue weighted by Crippen LogP contribution is -2.42. The summed E-state index contributed by atoms with van der Waals surface area (Å²) < 4.78 is 10.2. The van der Waals surface area contributed by atoms with Crippen LogP contribution in [0, 0.1) is 5.92 Å². The molecule has 0 aliphatic heterocycles. The lowest BCUT2D eigenvalue weighted by Gasteiger charge is -2.21. The monoisotopic (exact) mass is 358 g/mol. The minimum Gasteiger partial charge on any atom is -0.464 e. The molecule has 0 rings (SSSR count). The first-order valence-electron chi connectivity index (χ1n) is 9.05. The van der Waals surface area contributed by atoms with Gasteiger partial charge in [-0.15, -0.1) is 0 Å². The van der Waals surface area contributed by atoms with Gasteiger partial charge < -0.3 is 19.3 Å². The van der Waals surface area contributed by atoms with Crippen LogP contribution in [0.5, 0.6) is 0 Å². The van der Waals surface area contributed by atoms with Crippen molar-refractivity contribution in [3.8, 4) is 0 Å². The molecule has 0 aliphatic carbocycles. The number of unbranched alkanes of at least 4 members (excludes halogenated alkanes) is 4. The summed E-state index contributed by atoms with van der Waals surface area (Å²) in [7, 11) is 3.00. The highest BCUT2D eigenvalue weighted by Gasteiger charge is 2.19. The average Bonchev–Trinajstić information content (AvgIpc) is 2.55. The molecule has 0 N–H and O–H groups in total. The summed E-state index contributed by atoms with van der Waals surface area (Å²) in [4.78, 5) is 37.9. The number of esters is 1. The van der Waals surface area contributed by atoms with Gasteiger partial charge in [0, 0.05) is 14.1 Å². The Morgan fingerprint density at radius 2 is 1.52 bits per heavy atom. The van der Waals surface area contributed by atoms with Crippen LogP contribution in [0.2, 0.25) is 0 Å². The van der Waals surface area contributed by atoms with Gasteiger partial charge in [0.05, 0.1) is 13.2 Å². The third kappa shape index (κ3) is 12.3. The van der Waals surface area contributed by atoms with E-state index in [9.17, 15) is 14.4 Å². The fraction of sp³-hybridized carbons (Fsp3) is 0.833. The number of hydrogen-bond acceptors (Lipinski definition) is 5. The molecule has 0 saturated heterocycles. The largest absolute Gasteiger partial charge is 0.464 e. The van der Waals surface area contributed by atoms with Crippen LogP contribution in [0.4, 0.5) is 4.79 Å². The number of hydrogen-bond donors (Lipinski definition) is 0. The Morgan fingerprint density at radius 3 is 2.12 bits per heavy atom. The zero-order valence-corrected chi connectivity index (χ0v) is 16.4. The number of carbonyl (C=O) groups is 3. The second kappa shape index (κ2) is 13.5. The summed E-state index contributed by atoms with van der Waals surface area (Å²) >= 11 is 0. The van der Waals surface area contributed by atoms with E-state index in [4.69, 9.17) is 9.47 Å². The summed E-state index contributed by atoms with van der Waals surface area (Å²) in [5.41, 5.74) is 0. The van der Waals surface area contributed by atoms with Crippen LogP contribution in [0.25, 0.3) is 0 Å². The van der Waals surface area contributed by atoms with Crippen LogP contribution in [-0.4, -0.2) is 68.2 Å². The van der Waals surface area contributed by atoms with Crippen molar-refractivity contribution in [2.24, 2.45) is 5.92 Å². The Hall–Kier alpha value is -1.79. The topological polar surface area (TPSA) is 76.2 Å². The van der Waals surface area contributed by atoms with E-state index in [1.54, 1.807) is 0 Å². The number of rotatable bonds is 12. The molecule has 0 spiro atoms. The Morgan fingerprint density at radius 1 is 0.880 bits per heavy atom. The third-order valence-electron chi connectivity index (χ3n) is 3.53. The molecule has 7 heteroatoms. The van der Waals surface area contributed by atoms with E-state index in [1.165, 1.54) is 36.7 Å². The van der Waals surface area contributed by atoms with Gasteiger partial charge in [-0.25, -0.2) is 4.79 Å². The summed E-state index contributed by atoms with van der Waals surface area (Å²) in [6.07, 6.45) is 4.84. The first kappa shape index (κ1) is 23.2. The fourth-order valence-electron chi connectivity index (χ4n) is 1.96. The van der Waals surface area contributed by atoms with Gasteiger partial charge in [0.15, 0.2) is 0 Å². The molecule has 0 atom stereocenters. The number of amides is 2. The third-order valence-corrected chi connectivity index (χ3v) is 3.53. The molecule has 0 aromatic rings. The number of ether oxygens (including phenoxy) is 2. The van der Waals surface area contributed by atoms with Crippen molar-refractivity contribution in [3.63, 3.8) is 0 Å². The predicted octanol–water partition coefficient (Wildman–Crippen LogP) is 2.68. The summed E-state index contributed by atoms with van der Waals surface area (Å²) in [5, 5.41) is 0. The highest BCUT2D eigenvalue weighted by atomic mass is 16.6. The number of nitrogens with zero attached hydrogens (tertiary/aromatic N) is 2. The molecule has 0 unspecified atom stereocenters. The van der Waals surface area contributed by atoms with Crippen LogP contribution in [0.1, 0.15) is 52.9 Å². The molecule has 0 radical (unpaired) electrons. The molecule has 0 aliphatic rings. The smallest absolute Gasteiger partial charge is 0.409 e. The van der Waals surface area contributed by atoms with Crippen molar-refractivity contribution in [2.45, 2.75) is 52.9 Å². The minimum atomic E-state index is -0.551. The van der Waals surface area contributed by atoms with Gasteiger partial charge in [0.1, 0.15) is 13.1 Å². The summed E-state index contributed by atoms with van der Waals surface area (Å²) in [6, 6.07) is 0. The van der Waals surface area contributed by atoms with Crippen molar-refractivity contribution in [1.82, 2.24) is 9.80 Å². The zero-order chi connectivity index (χ0) is 19.2. The minimum absolute atomic E-state index is 0.122. The van der Waals surface area contributed by atoms with E-state index in [1.807, 2.05) is 13.8 Å². The van der Waals surface area contributed by atoms with E-state index < -0.39 is 12.1 Å². The Labute approximate surface area is 151 Å². The zero-order valence-electron chi connectivity index (χ0n) is 16.4. The molecule has 146 valence electrons. The van der Waals surface area contributed by atoms with Gasteiger partial charge >= 0.3 is 12.1 Å². The van der Waals surface area contributed by atoms with E-state index in [0.717, 1.165) is 19.3 Å². The van der Waals surface area contributed by atoms with Crippen LogP contribution >= 0.6 is 0 Å². The van der Waals surface area contributed by atoms with Crippen LogP contribution in [0.3, 0.4) is 0 Å². The van der Waals surface area contributed by atoms with E-state index in [2.05, 4.69) is 6.92 Å². The van der Waals surface area contributed by atoms with Gasteiger partial charge in [-0.2, -0.15) is 0 Å². The summed E-state index contributed by atoms with van der Waals surface area (Å²) in [6.45, 7) is 6.43. The van der Waals surface area contributed by atoms with Crippen molar-refractivity contribution in [3.05, 3.63) is 0 Å². The van der Waals surface area contributed by atoms with Crippen molar-refractivity contribution in [2.75, 3.05) is 40.4 Å². The van der Waals surface area contributed by atoms with E-state index >= 15 is 0 Å². The predicted molar refractivity (Wildman–Crippen MR) is 96.2 cm³/mol. The molecule has 0 aromatic carbocycles. The van der Waals surface area contributed by atoms with Gasteiger partial charge in [0.2, 0.25) is 5.91 Å². The lowest BCUT2D eigenvalue weighted by atomic mass is 10.2. The molecule has 0 aromatic heterocycles.